The summed E-state index contributed by atoms with van der Waals surface area (Å²) >= 11 is 0. The van der Waals surface area contributed by atoms with E-state index in [1.54, 1.807) is 30.3 Å². The maximum absolute atomic E-state index is 12.6. The fourth-order valence-electron chi connectivity index (χ4n) is 3.09. The summed E-state index contributed by atoms with van der Waals surface area (Å²) in [7, 11) is 0. The molecule has 3 nitrogen and oxygen atoms in total. The number of aromatic carboxylic acids is 1. The summed E-state index contributed by atoms with van der Waals surface area (Å²) in [5.74, 6) is -0.977. The average molecular weight is 292 g/mol. The van der Waals surface area contributed by atoms with E-state index in [-0.39, 0.29) is 11.3 Å². The molecule has 0 amide bonds. The van der Waals surface area contributed by atoms with Gasteiger partial charge in [0.2, 0.25) is 0 Å². The van der Waals surface area contributed by atoms with E-state index in [9.17, 15) is 14.7 Å². The number of rotatable bonds is 2. The van der Waals surface area contributed by atoms with Crippen LogP contribution in [0.4, 0.5) is 0 Å². The molecule has 0 aliphatic heterocycles. The number of hydrogen-bond acceptors (Lipinski definition) is 2. The van der Waals surface area contributed by atoms with Gasteiger partial charge in [-0.15, -0.1) is 0 Å². The fraction of sp³-hybridized carbons (Fsp3) is 0.158. The van der Waals surface area contributed by atoms with E-state index >= 15 is 0 Å². The van der Waals surface area contributed by atoms with Gasteiger partial charge in [-0.1, -0.05) is 35.9 Å². The van der Waals surface area contributed by atoms with E-state index in [0.717, 1.165) is 22.3 Å². The van der Waals surface area contributed by atoms with Crippen LogP contribution in [-0.2, 0) is 6.42 Å². The van der Waals surface area contributed by atoms with Crippen molar-refractivity contribution < 1.29 is 14.7 Å². The summed E-state index contributed by atoms with van der Waals surface area (Å²) in [6.45, 7) is 3.96. The lowest BCUT2D eigenvalue weighted by atomic mass is 10.0. The number of aryl methyl sites for hydroxylation is 2. The van der Waals surface area contributed by atoms with Crippen molar-refractivity contribution in [2.24, 2.45) is 0 Å². The third-order valence-electron chi connectivity index (χ3n) is 3.98. The Morgan fingerprint density at radius 1 is 1.18 bits per heavy atom. The number of hydrogen-bond donors (Lipinski definition) is 1. The minimum Gasteiger partial charge on any atom is -0.478 e. The lowest BCUT2D eigenvalue weighted by Crippen LogP contribution is -2.01. The van der Waals surface area contributed by atoms with Crippen LogP contribution in [0.3, 0.4) is 0 Å². The first-order valence-electron chi connectivity index (χ1n) is 7.15. The van der Waals surface area contributed by atoms with Crippen molar-refractivity contribution in [3.05, 3.63) is 75.4 Å². The number of carboxylic acid groups (broad SMARTS) is 1. The summed E-state index contributed by atoms with van der Waals surface area (Å²) in [4.78, 5) is 23.9. The topological polar surface area (TPSA) is 54.4 Å². The van der Waals surface area contributed by atoms with E-state index in [0.29, 0.717) is 17.6 Å². The lowest BCUT2D eigenvalue weighted by molar-refractivity contribution is 0.0696. The highest BCUT2D eigenvalue weighted by atomic mass is 16.4. The highest BCUT2D eigenvalue weighted by molar-refractivity contribution is 6.16. The highest BCUT2D eigenvalue weighted by Gasteiger charge is 2.27. The van der Waals surface area contributed by atoms with Crippen LogP contribution in [0, 0.1) is 13.8 Å². The van der Waals surface area contributed by atoms with Crippen LogP contribution in [0.15, 0.2) is 42.0 Å². The van der Waals surface area contributed by atoms with E-state index in [4.69, 9.17) is 0 Å². The van der Waals surface area contributed by atoms with Gasteiger partial charge in [0.1, 0.15) is 0 Å². The van der Waals surface area contributed by atoms with Crippen molar-refractivity contribution >= 4 is 17.8 Å². The maximum atomic E-state index is 12.6. The van der Waals surface area contributed by atoms with Crippen LogP contribution >= 0.6 is 0 Å². The number of Topliss-reactive ketones (excluding diaryl/α,β-unsaturated/α-hetero) is 1. The third kappa shape index (κ3) is 2.35. The van der Waals surface area contributed by atoms with Gasteiger partial charge in [0.15, 0.2) is 5.78 Å². The fourth-order valence-corrected chi connectivity index (χ4v) is 3.09. The molecule has 1 aliphatic rings. The van der Waals surface area contributed by atoms with Crippen molar-refractivity contribution in [1.29, 1.82) is 0 Å². The molecule has 1 N–H and O–H groups in total. The molecule has 0 unspecified atom stereocenters. The van der Waals surface area contributed by atoms with E-state index < -0.39 is 5.97 Å². The van der Waals surface area contributed by atoms with Crippen LogP contribution < -0.4 is 0 Å². The first-order chi connectivity index (χ1) is 10.5. The number of carbonyl (C=O) groups is 2. The Morgan fingerprint density at radius 3 is 2.64 bits per heavy atom. The highest BCUT2D eigenvalue weighted by Crippen LogP contribution is 2.31. The van der Waals surface area contributed by atoms with Crippen molar-refractivity contribution in [3.63, 3.8) is 0 Å². The number of carboxylic acids is 1. The number of fused-ring (bicyclic) bond motifs is 1. The van der Waals surface area contributed by atoms with Gasteiger partial charge < -0.3 is 5.11 Å². The predicted molar refractivity (Wildman–Crippen MR) is 85.3 cm³/mol. The van der Waals surface area contributed by atoms with Crippen LogP contribution in [0.1, 0.15) is 43.0 Å². The zero-order valence-corrected chi connectivity index (χ0v) is 12.5. The Kier molecular flexibility index (Phi) is 3.41. The number of benzene rings is 2. The van der Waals surface area contributed by atoms with Gasteiger partial charge in [-0.3, -0.25) is 4.79 Å². The Labute approximate surface area is 128 Å². The molecule has 3 heteroatoms. The summed E-state index contributed by atoms with van der Waals surface area (Å²) < 4.78 is 0. The van der Waals surface area contributed by atoms with Gasteiger partial charge in [0.05, 0.1) is 5.56 Å². The second-order valence-corrected chi connectivity index (χ2v) is 5.68. The van der Waals surface area contributed by atoms with E-state index in [1.807, 2.05) is 26.0 Å². The van der Waals surface area contributed by atoms with Crippen LogP contribution in [0.5, 0.6) is 0 Å². The third-order valence-corrected chi connectivity index (χ3v) is 3.98. The van der Waals surface area contributed by atoms with Gasteiger partial charge in [0.25, 0.3) is 0 Å². The van der Waals surface area contributed by atoms with E-state index in [1.165, 1.54) is 0 Å². The SMILES string of the molecule is Cc1cc(C)c2c(c1)C/C(=C/c1ccccc1C(=O)O)C2=O. The quantitative estimate of drug-likeness (QED) is 0.856. The normalized spacial score (nSPS) is 15.2. The molecule has 0 radical (unpaired) electrons. The van der Waals surface area contributed by atoms with Gasteiger partial charge in [-0.05, 0) is 42.7 Å². The maximum Gasteiger partial charge on any atom is 0.336 e. The molecule has 0 atom stereocenters. The molecule has 0 aromatic heterocycles. The summed E-state index contributed by atoms with van der Waals surface area (Å²) in [5, 5.41) is 9.25. The van der Waals surface area contributed by atoms with Gasteiger partial charge >= 0.3 is 5.97 Å². The molecular weight excluding hydrogens is 276 g/mol. The number of carbonyl (C=O) groups excluding carboxylic acids is 1. The monoisotopic (exact) mass is 292 g/mol. The zero-order valence-electron chi connectivity index (χ0n) is 12.5. The van der Waals surface area contributed by atoms with Crippen molar-refractivity contribution in [1.82, 2.24) is 0 Å². The second kappa shape index (κ2) is 5.26. The first kappa shape index (κ1) is 14.3. The summed E-state index contributed by atoms with van der Waals surface area (Å²) in [6.07, 6.45) is 2.27. The van der Waals surface area contributed by atoms with Crippen LogP contribution in [0.25, 0.3) is 6.08 Å². The lowest BCUT2D eigenvalue weighted by Gasteiger charge is -2.03. The standard InChI is InChI=1S/C19H16O3/c1-11-7-12(2)17-14(8-11)10-15(18(17)20)9-13-5-3-4-6-16(13)19(21)22/h3-9H,10H2,1-2H3,(H,21,22)/b15-9-. The van der Waals surface area contributed by atoms with Crippen LogP contribution in [0.2, 0.25) is 0 Å². The van der Waals surface area contributed by atoms with Crippen molar-refractivity contribution in [2.75, 3.05) is 0 Å². The van der Waals surface area contributed by atoms with Gasteiger partial charge in [-0.2, -0.15) is 0 Å². The Bertz CT molecular complexity index is 829. The molecule has 0 spiro atoms. The van der Waals surface area contributed by atoms with Crippen molar-refractivity contribution in [3.8, 4) is 0 Å². The molecule has 3 rings (SSSR count). The molecule has 110 valence electrons. The largest absolute Gasteiger partial charge is 0.478 e. The Hall–Kier alpha value is -2.68. The average Bonchev–Trinajstić information content (AvgIpc) is 2.75. The van der Waals surface area contributed by atoms with Crippen molar-refractivity contribution in [2.45, 2.75) is 20.3 Å². The molecule has 1 aliphatic carbocycles. The second-order valence-electron chi connectivity index (χ2n) is 5.68. The van der Waals surface area contributed by atoms with Crippen LogP contribution in [-0.4, -0.2) is 16.9 Å². The first-order valence-corrected chi connectivity index (χ1v) is 7.15. The predicted octanol–water partition coefficient (Wildman–Crippen LogP) is 3.82. The molecule has 0 heterocycles. The number of allylic oxidation sites excluding steroid dienone is 1. The molecule has 0 bridgehead atoms. The van der Waals surface area contributed by atoms with Gasteiger partial charge in [-0.25, -0.2) is 4.79 Å². The minimum atomic E-state index is -0.984. The Morgan fingerprint density at radius 2 is 1.91 bits per heavy atom. The summed E-state index contributed by atoms with van der Waals surface area (Å²) in [5.41, 5.74) is 5.35. The molecule has 0 saturated carbocycles. The smallest absolute Gasteiger partial charge is 0.336 e. The minimum absolute atomic E-state index is 0.00712. The molecule has 2 aromatic rings. The van der Waals surface area contributed by atoms with E-state index in [2.05, 4.69) is 0 Å². The zero-order chi connectivity index (χ0) is 15.9. The molecule has 0 fully saturated rings. The molecule has 0 saturated heterocycles. The molecular formula is C19H16O3. The summed E-state index contributed by atoms with van der Waals surface area (Å²) in [6, 6.07) is 10.8. The number of ketones is 1. The Balaban J connectivity index is 2.08. The van der Waals surface area contributed by atoms with Gasteiger partial charge in [0, 0.05) is 17.6 Å². The molecule has 22 heavy (non-hydrogen) atoms. The molecule has 2 aromatic carbocycles.